The molecule has 3 aromatic rings. The van der Waals surface area contributed by atoms with E-state index in [-0.39, 0.29) is 18.3 Å². The van der Waals surface area contributed by atoms with Crippen molar-refractivity contribution >= 4 is 16.9 Å². The number of nitrogens with one attached hydrogen (secondary N) is 2. The molecule has 1 amide bonds. The normalized spacial score (nSPS) is 10.7. The maximum Gasteiger partial charge on any atom is 0.258 e. The molecule has 5 nitrogen and oxygen atoms in total. The Bertz CT molecular complexity index is 827. The molecule has 1 heterocycles. The summed E-state index contributed by atoms with van der Waals surface area (Å²) in [6.07, 6.45) is 0. The number of amides is 1. The molecule has 23 heavy (non-hydrogen) atoms. The fourth-order valence-electron chi connectivity index (χ4n) is 2.23. The number of imidazole rings is 1. The first-order valence-electron chi connectivity index (χ1n) is 7.20. The summed E-state index contributed by atoms with van der Waals surface area (Å²) in [4.78, 5) is 19.3. The maximum atomic E-state index is 12.8. The van der Waals surface area contributed by atoms with E-state index < -0.39 is 0 Å². The molecule has 0 atom stereocenters. The van der Waals surface area contributed by atoms with E-state index in [0.29, 0.717) is 12.3 Å². The van der Waals surface area contributed by atoms with Crippen molar-refractivity contribution in [3.05, 3.63) is 59.7 Å². The molecule has 0 saturated heterocycles. The monoisotopic (exact) mass is 313 g/mol. The smallest absolute Gasteiger partial charge is 0.258 e. The van der Waals surface area contributed by atoms with E-state index in [4.69, 9.17) is 4.74 Å². The number of H-pyrrole nitrogens is 1. The second-order valence-corrected chi connectivity index (χ2v) is 5.19. The van der Waals surface area contributed by atoms with Crippen LogP contribution in [0.15, 0.2) is 42.5 Å². The van der Waals surface area contributed by atoms with Crippen LogP contribution in [-0.4, -0.2) is 22.5 Å². The van der Waals surface area contributed by atoms with Crippen molar-refractivity contribution in [1.82, 2.24) is 15.3 Å². The Balaban J connectivity index is 1.52. The van der Waals surface area contributed by atoms with Gasteiger partial charge in [0, 0.05) is 6.54 Å². The second-order valence-electron chi connectivity index (χ2n) is 5.19. The number of hydrogen-bond donors (Lipinski definition) is 2. The lowest BCUT2D eigenvalue weighted by Gasteiger charge is -2.07. The number of hydrogen-bond acceptors (Lipinski definition) is 3. The van der Waals surface area contributed by atoms with Crippen LogP contribution in [0.25, 0.3) is 11.0 Å². The molecule has 0 aliphatic heterocycles. The summed E-state index contributed by atoms with van der Waals surface area (Å²) in [6, 6.07) is 11.3. The van der Waals surface area contributed by atoms with Crippen molar-refractivity contribution in [2.24, 2.45) is 0 Å². The van der Waals surface area contributed by atoms with Gasteiger partial charge < -0.3 is 15.0 Å². The summed E-state index contributed by atoms with van der Waals surface area (Å²) < 4.78 is 18.1. The van der Waals surface area contributed by atoms with Crippen molar-refractivity contribution in [3.63, 3.8) is 0 Å². The lowest BCUT2D eigenvalue weighted by molar-refractivity contribution is -0.123. The first-order chi connectivity index (χ1) is 11.1. The predicted octanol–water partition coefficient (Wildman–Crippen LogP) is 2.71. The highest BCUT2D eigenvalue weighted by atomic mass is 19.1. The van der Waals surface area contributed by atoms with E-state index in [1.165, 1.54) is 24.3 Å². The van der Waals surface area contributed by atoms with Gasteiger partial charge in [0.25, 0.3) is 5.91 Å². The summed E-state index contributed by atoms with van der Waals surface area (Å²) in [6.45, 7) is 2.19. The molecule has 118 valence electrons. The molecule has 0 spiro atoms. The summed E-state index contributed by atoms with van der Waals surface area (Å²) in [7, 11) is 0. The quantitative estimate of drug-likeness (QED) is 0.761. The van der Waals surface area contributed by atoms with E-state index >= 15 is 0 Å². The number of aryl methyl sites for hydroxylation is 1. The lowest BCUT2D eigenvalue weighted by Crippen LogP contribution is -2.28. The van der Waals surface area contributed by atoms with Gasteiger partial charge in [-0.3, -0.25) is 4.79 Å². The zero-order chi connectivity index (χ0) is 16.2. The van der Waals surface area contributed by atoms with Crippen LogP contribution in [0.5, 0.6) is 5.75 Å². The van der Waals surface area contributed by atoms with Crippen LogP contribution >= 0.6 is 0 Å². The molecule has 0 aliphatic rings. The van der Waals surface area contributed by atoms with Gasteiger partial charge in [-0.1, -0.05) is 6.07 Å². The van der Waals surface area contributed by atoms with E-state index in [1.54, 1.807) is 0 Å². The number of carbonyl (C=O) groups is 1. The minimum absolute atomic E-state index is 0.114. The lowest BCUT2D eigenvalue weighted by atomic mass is 10.2. The van der Waals surface area contributed by atoms with Crippen LogP contribution < -0.4 is 10.1 Å². The predicted molar refractivity (Wildman–Crippen MR) is 84.6 cm³/mol. The topological polar surface area (TPSA) is 67.0 Å². The first-order valence-corrected chi connectivity index (χ1v) is 7.20. The van der Waals surface area contributed by atoms with Crippen LogP contribution in [0.2, 0.25) is 0 Å². The molecule has 0 radical (unpaired) electrons. The zero-order valence-electron chi connectivity index (χ0n) is 12.6. The SMILES string of the molecule is Cc1nc2ccc(CNC(=O)COc3ccc(F)cc3)cc2[nH]1. The Morgan fingerprint density at radius 3 is 2.83 bits per heavy atom. The molecule has 0 aliphatic carbocycles. The van der Waals surface area contributed by atoms with Gasteiger partial charge in [0.15, 0.2) is 6.61 Å². The van der Waals surface area contributed by atoms with Crippen LogP contribution in [0.3, 0.4) is 0 Å². The van der Waals surface area contributed by atoms with Crippen LogP contribution in [0, 0.1) is 12.7 Å². The Morgan fingerprint density at radius 1 is 1.26 bits per heavy atom. The molecule has 1 aromatic heterocycles. The fourth-order valence-corrected chi connectivity index (χ4v) is 2.23. The number of rotatable bonds is 5. The Kier molecular flexibility index (Phi) is 4.23. The minimum Gasteiger partial charge on any atom is -0.484 e. The van der Waals surface area contributed by atoms with E-state index in [1.807, 2.05) is 25.1 Å². The third-order valence-electron chi connectivity index (χ3n) is 3.34. The van der Waals surface area contributed by atoms with Crippen molar-refractivity contribution < 1.29 is 13.9 Å². The number of fused-ring (bicyclic) bond motifs is 1. The summed E-state index contributed by atoms with van der Waals surface area (Å²) in [5.74, 6) is 0.728. The average Bonchev–Trinajstić information content (AvgIpc) is 2.91. The Labute approximate surface area is 132 Å². The van der Waals surface area contributed by atoms with E-state index in [9.17, 15) is 9.18 Å². The van der Waals surface area contributed by atoms with Crippen LogP contribution in [-0.2, 0) is 11.3 Å². The summed E-state index contributed by atoms with van der Waals surface area (Å²) >= 11 is 0. The molecule has 0 unspecified atom stereocenters. The summed E-state index contributed by atoms with van der Waals surface area (Å²) in [5, 5.41) is 2.78. The van der Waals surface area contributed by atoms with Crippen molar-refractivity contribution in [2.75, 3.05) is 6.61 Å². The van der Waals surface area contributed by atoms with Gasteiger partial charge in [-0.25, -0.2) is 9.37 Å². The third-order valence-corrected chi connectivity index (χ3v) is 3.34. The van der Waals surface area contributed by atoms with Gasteiger partial charge in [0.2, 0.25) is 0 Å². The molecular formula is C17H16FN3O2. The number of benzene rings is 2. The van der Waals surface area contributed by atoms with Gasteiger partial charge in [-0.05, 0) is 48.9 Å². The molecule has 0 bridgehead atoms. The van der Waals surface area contributed by atoms with Gasteiger partial charge in [0.1, 0.15) is 17.4 Å². The van der Waals surface area contributed by atoms with Crippen LogP contribution in [0.1, 0.15) is 11.4 Å². The van der Waals surface area contributed by atoms with Gasteiger partial charge in [-0.15, -0.1) is 0 Å². The largest absolute Gasteiger partial charge is 0.484 e. The third kappa shape index (κ3) is 3.85. The number of carbonyl (C=O) groups excluding carboxylic acids is 1. The Hall–Kier alpha value is -2.89. The summed E-state index contributed by atoms with van der Waals surface area (Å²) in [5.41, 5.74) is 2.81. The zero-order valence-corrected chi connectivity index (χ0v) is 12.6. The molecule has 0 saturated carbocycles. The average molecular weight is 313 g/mol. The number of halogens is 1. The highest BCUT2D eigenvalue weighted by molar-refractivity contribution is 5.78. The Morgan fingerprint density at radius 2 is 2.04 bits per heavy atom. The number of ether oxygens (including phenoxy) is 1. The van der Waals surface area contributed by atoms with Gasteiger partial charge >= 0.3 is 0 Å². The van der Waals surface area contributed by atoms with Gasteiger partial charge in [0.05, 0.1) is 11.0 Å². The number of aromatic nitrogens is 2. The fraction of sp³-hybridized carbons (Fsp3) is 0.176. The van der Waals surface area contributed by atoms with Gasteiger partial charge in [-0.2, -0.15) is 0 Å². The highest BCUT2D eigenvalue weighted by Gasteiger charge is 2.05. The highest BCUT2D eigenvalue weighted by Crippen LogP contribution is 2.13. The maximum absolute atomic E-state index is 12.8. The minimum atomic E-state index is -0.341. The molecule has 2 N–H and O–H groups in total. The second kappa shape index (κ2) is 6.48. The van der Waals surface area contributed by atoms with E-state index in [0.717, 1.165) is 22.4 Å². The van der Waals surface area contributed by atoms with Crippen molar-refractivity contribution in [1.29, 1.82) is 0 Å². The molecule has 3 rings (SSSR count). The standard InChI is InChI=1S/C17H16FN3O2/c1-11-20-15-7-2-12(8-16(15)21-11)9-19-17(22)10-23-14-5-3-13(18)4-6-14/h2-8H,9-10H2,1H3,(H,19,22)(H,20,21). The molecule has 6 heteroatoms. The number of aromatic amines is 1. The first kappa shape index (κ1) is 15.0. The van der Waals surface area contributed by atoms with E-state index in [2.05, 4.69) is 15.3 Å². The number of nitrogens with zero attached hydrogens (tertiary/aromatic N) is 1. The molecule has 2 aromatic carbocycles. The van der Waals surface area contributed by atoms with Crippen LogP contribution in [0.4, 0.5) is 4.39 Å². The van der Waals surface area contributed by atoms with Crippen molar-refractivity contribution in [2.45, 2.75) is 13.5 Å². The molecular weight excluding hydrogens is 297 g/mol. The van der Waals surface area contributed by atoms with Crippen molar-refractivity contribution in [3.8, 4) is 5.75 Å². The molecule has 0 fully saturated rings.